The minimum Gasteiger partial charge on any atom is -0.314 e. The normalized spacial score (nSPS) is 20.0. The summed E-state index contributed by atoms with van der Waals surface area (Å²) in [6, 6.07) is 2.78. The molecule has 0 aromatic carbocycles. The lowest BCUT2D eigenvalue weighted by atomic mass is 10.0. The molecule has 102 valence electrons. The van der Waals surface area contributed by atoms with Gasteiger partial charge < -0.3 is 9.88 Å². The van der Waals surface area contributed by atoms with E-state index in [9.17, 15) is 0 Å². The van der Waals surface area contributed by atoms with Gasteiger partial charge in [-0.2, -0.15) is 0 Å². The maximum absolute atomic E-state index is 4.62. The predicted molar refractivity (Wildman–Crippen MR) is 77.3 cm³/mol. The summed E-state index contributed by atoms with van der Waals surface area (Å²) in [6.45, 7) is 6.32. The molecule has 0 radical (unpaired) electrons. The predicted octanol–water partition coefficient (Wildman–Crippen LogP) is 2.58. The number of imidazole rings is 1. The molecular weight excluding hydrogens is 236 g/mol. The number of aromatic nitrogens is 3. The van der Waals surface area contributed by atoms with E-state index >= 15 is 0 Å². The summed E-state index contributed by atoms with van der Waals surface area (Å²) < 4.78 is 2.26. The van der Waals surface area contributed by atoms with Crippen molar-refractivity contribution < 1.29 is 0 Å². The molecule has 0 amide bonds. The van der Waals surface area contributed by atoms with Gasteiger partial charge in [-0.1, -0.05) is 6.42 Å². The van der Waals surface area contributed by atoms with Crippen LogP contribution >= 0.6 is 0 Å². The molecule has 2 aromatic heterocycles. The third-order valence-corrected chi connectivity index (χ3v) is 4.03. The van der Waals surface area contributed by atoms with Crippen molar-refractivity contribution in [3.05, 3.63) is 23.7 Å². The maximum Gasteiger partial charge on any atom is 0.159 e. The molecule has 1 N–H and O–H groups in total. The van der Waals surface area contributed by atoms with E-state index in [1.807, 2.05) is 6.20 Å². The lowest BCUT2D eigenvalue weighted by Gasteiger charge is -2.23. The first-order valence-corrected chi connectivity index (χ1v) is 7.27. The van der Waals surface area contributed by atoms with Crippen molar-refractivity contribution in [2.75, 3.05) is 6.54 Å². The number of hydrogen-bond donors (Lipinski definition) is 1. The molecule has 1 aliphatic heterocycles. The summed E-state index contributed by atoms with van der Waals surface area (Å²) in [4.78, 5) is 9.16. The van der Waals surface area contributed by atoms with Crippen LogP contribution < -0.4 is 5.32 Å². The SMILES string of the molecule is Cc1cnc2c(c1)nc(C)n2CCC1CCCCN1. The molecule has 1 fully saturated rings. The van der Waals surface area contributed by atoms with Crippen LogP contribution in [0.5, 0.6) is 0 Å². The second-order valence-corrected chi connectivity index (χ2v) is 5.60. The zero-order valence-corrected chi connectivity index (χ0v) is 11.8. The molecular formula is C15H22N4. The van der Waals surface area contributed by atoms with Crippen LogP contribution in [0.15, 0.2) is 12.3 Å². The van der Waals surface area contributed by atoms with Gasteiger partial charge in [-0.25, -0.2) is 9.97 Å². The topological polar surface area (TPSA) is 42.7 Å². The highest BCUT2D eigenvalue weighted by Gasteiger charge is 2.14. The first kappa shape index (κ1) is 12.6. The van der Waals surface area contributed by atoms with Crippen molar-refractivity contribution in [3.63, 3.8) is 0 Å². The highest BCUT2D eigenvalue weighted by atomic mass is 15.1. The molecule has 0 aliphatic carbocycles. The Bertz CT molecular complexity index is 567. The van der Waals surface area contributed by atoms with Gasteiger partial charge in [-0.05, 0) is 51.3 Å². The Labute approximate surface area is 114 Å². The molecule has 0 spiro atoms. The van der Waals surface area contributed by atoms with Gasteiger partial charge in [0.15, 0.2) is 5.65 Å². The zero-order valence-electron chi connectivity index (χ0n) is 11.8. The fourth-order valence-electron chi connectivity index (χ4n) is 2.95. The second-order valence-electron chi connectivity index (χ2n) is 5.60. The van der Waals surface area contributed by atoms with Gasteiger partial charge in [0.2, 0.25) is 0 Å². The van der Waals surface area contributed by atoms with Crippen molar-refractivity contribution >= 4 is 11.2 Å². The summed E-state index contributed by atoms with van der Waals surface area (Å²) >= 11 is 0. The van der Waals surface area contributed by atoms with Crippen LogP contribution in [0.1, 0.15) is 37.1 Å². The van der Waals surface area contributed by atoms with Crippen LogP contribution in [0.25, 0.3) is 11.2 Å². The number of fused-ring (bicyclic) bond motifs is 1. The van der Waals surface area contributed by atoms with Gasteiger partial charge in [-0.15, -0.1) is 0 Å². The van der Waals surface area contributed by atoms with Crippen molar-refractivity contribution in [2.24, 2.45) is 0 Å². The molecule has 4 heteroatoms. The van der Waals surface area contributed by atoms with Gasteiger partial charge in [0.25, 0.3) is 0 Å². The molecule has 1 unspecified atom stereocenters. The van der Waals surface area contributed by atoms with Gasteiger partial charge in [0.1, 0.15) is 11.3 Å². The number of hydrogen-bond acceptors (Lipinski definition) is 3. The van der Waals surface area contributed by atoms with E-state index < -0.39 is 0 Å². The lowest BCUT2D eigenvalue weighted by Crippen LogP contribution is -2.34. The fourth-order valence-corrected chi connectivity index (χ4v) is 2.95. The van der Waals surface area contributed by atoms with Crippen molar-refractivity contribution in [3.8, 4) is 0 Å². The van der Waals surface area contributed by atoms with Gasteiger partial charge in [0.05, 0.1) is 0 Å². The Hall–Kier alpha value is -1.42. The molecule has 3 rings (SSSR count). The van der Waals surface area contributed by atoms with Crippen molar-refractivity contribution in [2.45, 2.75) is 52.1 Å². The van der Waals surface area contributed by atoms with E-state index in [-0.39, 0.29) is 0 Å². The van der Waals surface area contributed by atoms with Gasteiger partial charge in [0, 0.05) is 18.8 Å². The lowest BCUT2D eigenvalue weighted by molar-refractivity contribution is 0.367. The van der Waals surface area contributed by atoms with Crippen LogP contribution in [0.2, 0.25) is 0 Å². The number of piperidine rings is 1. The van der Waals surface area contributed by atoms with E-state index in [4.69, 9.17) is 0 Å². The summed E-state index contributed by atoms with van der Waals surface area (Å²) in [7, 11) is 0. The highest BCUT2D eigenvalue weighted by molar-refractivity contribution is 5.72. The van der Waals surface area contributed by atoms with Crippen LogP contribution in [-0.2, 0) is 6.54 Å². The Morgan fingerprint density at radius 1 is 1.37 bits per heavy atom. The fraction of sp³-hybridized carbons (Fsp3) is 0.600. The molecule has 1 aliphatic rings. The standard InChI is InChI=1S/C15H22N4/c1-11-9-14-15(17-10-11)19(12(2)18-14)8-6-13-5-3-4-7-16-13/h9-10,13,16H,3-8H2,1-2H3. The molecule has 1 atom stereocenters. The average Bonchev–Trinajstić information content (AvgIpc) is 2.72. The first-order chi connectivity index (χ1) is 9.24. The summed E-state index contributed by atoms with van der Waals surface area (Å²) in [5, 5.41) is 3.60. The number of aryl methyl sites for hydroxylation is 3. The number of rotatable bonds is 3. The quantitative estimate of drug-likeness (QED) is 0.920. The third kappa shape index (κ3) is 2.63. The molecule has 19 heavy (non-hydrogen) atoms. The van der Waals surface area contributed by atoms with E-state index in [2.05, 4.69) is 39.8 Å². The van der Waals surface area contributed by atoms with Crippen LogP contribution in [0, 0.1) is 13.8 Å². The Morgan fingerprint density at radius 3 is 3.05 bits per heavy atom. The second kappa shape index (κ2) is 5.29. The number of nitrogens with zero attached hydrogens (tertiary/aromatic N) is 3. The Morgan fingerprint density at radius 2 is 2.26 bits per heavy atom. The smallest absolute Gasteiger partial charge is 0.159 e. The van der Waals surface area contributed by atoms with Crippen LogP contribution in [0.4, 0.5) is 0 Å². The summed E-state index contributed by atoms with van der Waals surface area (Å²) in [5.41, 5.74) is 3.22. The maximum atomic E-state index is 4.62. The summed E-state index contributed by atoms with van der Waals surface area (Å²) in [5.74, 6) is 1.07. The van der Waals surface area contributed by atoms with Crippen LogP contribution in [-0.4, -0.2) is 27.1 Å². The molecule has 0 bridgehead atoms. The van der Waals surface area contributed by atoms with E-state index in [0.29, 0.717) is 6.04 Å². The third-order valence-electron chi connectivity index (χ3n) is 4.03. The molecule has 2 aromatic rings. The highest BCUT2D eigenvalue weighted by Crippen LogP contribution is 2.17. The van der Waals surface area contributed by atoms with Gasteiger partial charge >= 0.3 is 0 Å². The first-order valence-electron chi connectivity index (χ1n) is 7.27. The van der Waals surface area contributed by atoms with Gasteiger partial charge in [-0.3, -0.25) is 0 Å². The van der Waals surface area contributed by atoms with Crippen LogP contribution in [0.3, 0.4) is 0 Å². The minimum absolute atomic E-state index is 0.663. The zero-order chi connectivity index (χ0) is 13.2. The van der Waals surface area contributed by atoms with E-state index in [0.717, 1.165) is 23.5 Å². The number of nitrogens with one attached hydrogen (secondary N) is 1. The van der Waals surface area contributed by atoms with Crippen molar-refractivity contribution in [1.82, 2.24) is 19.9 Å². The van der Waals surface area contributed by atoms with E-state index in [1.54, 1.807) is 0 Å². The number of pyridine rings is 1. The van der Waals surface area contributed by atoms with Crippen molar-refractivity contribution in [1.29, 1.82) is 0 Å². The molecule has 4 nitrogen and oxygen atoms in total. The summed E-state index contributed by atoms with van der Waals surface area (Å²) in [6.07, 6.45) is 7.09. The molecule has 1 saturated heterocycles. The molecule has 0 saturated carbocycles. The minimum atomic E-state index is 0.663. The Kier molecular flexibility index (Phi) is 3.51. The largest absolute Gasteiger partial charge is 0.314 e. The molecule has 3 heterocycles. The average molecular weight is 258 g/mol. The Balaban J connectivity index is 1.78. The van der Waals surface area contributed by atoms with E-state index in [1.165, 1.54) is 37.8 Å². The monoisotopic (exact) mass is 258 g/mol.